The summed E-state index contributed by atoms with van der Waals surface area (Å²) in [5.41, 5.74) is 0.728. The second kappa shape index (κ2) is 5.31. The van der Waals surface area contributed by atoms with Gasteiger partial charge >= 0.3 is 5.97 Å². The zero-order chi connectivity index (χ0) is 12.3. The molecule has 0 bridgehead atoms. The number of hydrogen-bond donors (Lipinski definition) is 0. The highest BCUT2D eigenvalue weighted by molar-refractivity contribution is 5.76. The second-order valence-corrected chi connectivity index (χ2v) is 4.29. The molecule has 94 valence electrons. The Kier molecular flexibility index (Phi) is 3.78. The molecule has 2 rings (SSSR count). The molecule has 2 heterocycles. The molecule has 0 amide bonds. The van der Waals surface area contributed by atoms with E-state index in [0.717, 1.165) is 31.6 Å². The van der Waals surface area contributed by atoms with Gasteiger partial charge in [0.05, 0.1) is 18.7 Å². The molecule has 0 aromatic carbocycles. The van der Waals surface area contributed by atoms with Crippen LogP contribution in [0.2, 0.25) is 0 Å². The van der Waals surface area contributed by atoms with Crippen molar-refractivity contribution in [2.75, 3.05) is 13.7 Å². The van der Waals surface area contributed by atoms with E-state index in [-0.39, 0.29) is 18.1 Å². The number of esters is 1. The van der Waals surface area contributed by atoms with Gasteiger partial charge in [0, 0.05) is 12.8 Å². The molecular weight excluding hydrogens is 220 g/mol. The zero-order valence-electron chi connectivity index (χ0n) is 10.3. The maximum Gasteiger partial charge on any atom is 0.314 e. The zero-order valence-corrected chi connectivity index (χ0v) is 10.3. The van der Waals surface area contributed by atoms with Crippen molar-refractivity contribution in [3.05, 3.63) is 18.0 Å². The van der Waals surface area contributed by atoms with Crippen LogP contribution in [0.25, 0.3) is 0 Å². The lowest BCUT2D eigenvalue weighted by molar-refractivity contribution is -0.142. The summed E-state index contributed by atoms with van der Waals surface area (Å²) in [6.45, 7) is 2.58. The van der Waals surface area contributed by atoms with E-state index in [1.54, 1.807) is 11.6 Å². The third-order valence-electron chi connectivity index (χ3n) is 3.08. The van der Waals surface area contributed by atoms with E-state index in [0.29, 0.717) is 0 Å². The summed E-state index contributed by atoms with van der Waals surface area (Å²) in [5.74, 6) is -0.593. The smallest absolute Gasteiger partial charge is 0.314 e. The topological polar surface area (TPSA) is 53.4 Å². The van der Waals surface area contributed by atoms with Gasteiger partial charge in [0.15, 0.2) is 0 Å². The van der Waals surface area contributed by atoms with Crippen LogP contribution in [-0.2, 0) is 14.3 Å². The van der Waals surface area contributed by atoms with Crippen LogP contribution in [-0.4, -0.2) is 29.5 Å². The average Bonchev–Trinajstić information content (AvgIpc) is 2.87. The molecule has 1 aromatic heterocycles. The Morgan fingerprint density at radius 3 is 3.12 bits per heavy atom. The highest BCUT2D eigenvalue weighted by Gasteiger charge is 2.21. The minimum Gasteiger partial charge on any atom is -0.469 e. The van der Waals surface area contributed by atoms with Crippen molar-refractivity contribution in [3.63, 3.8) is 0 Å². The molecule has 0 saturated carbocycles. The van der Waals surface area contributed by atoms with Crippen LogP contribution < -0.4 is 0 Å². The predicted molar refractivity (Wildman–Crippen MR) is 61.5 cm³/mol. The summed E-state index contributed by atoms with van der Waals surface area (Å²) in [4.78, 5) is 11.4. The fourth-order valence-corrected chi connectivity index (χ4v) is 1.97. The summed E-state index contributed by atoms with van der Waals surface area (Å²) in [6.07, 6.45) is 5.14. The van der Waals surface area contributed by atoms with Crippen molar-refractivity contribution in [1.82, 2.24) is 9.78 Å². The Labute approximate surface area is 101 Å². The summed E-state index contributed by atoms with van der Waals surface area (Å²) in [6, 6.07) is 1.85. The minimum absolute atomic E-state index is 0.0161. The van der Waals surface area contributed by atoms with Crippen LogP contribution >= 0.6 is 0 Å². The molecule has 5 nitrogen and oxygen atoms in total. The minimum atomic E-state index is -0.329. The lowest BCUT2D eigenvalue weighted by atomic mass is 10.1. The van der Waals surface area contributed by atoms with Gasteiger partial charge in [-0.05, 0) is 32.3 Å². The first-order chi connectivity index (χ1) is 8.22. The van der Waals surface area contributed by atoms with Gasteiger partial charge in [0.1, 0.15) is 6.23 Å². The maximum atomic E-state index is 11.4. The largest absolute Gasteiger partial charge is 0.469 e. The van der Waals surface area contributed by atoms with Crippen molar-refractivity contribution >= 4 is 5.97 Å². The number of methoxy groups -OCH3 is 1. The van der Waals surface area contributed by atoms with Gasteiger partial charge < -0.3 is 9.47 Å². The van der Waals surface area contributed by atoms with E-state index in [1.807, 2.05) is 12.3 Å². The first-order valence-electron chi connectivity index (χ1n) is 5.97. The molecule has 0 N–H and O–H groups in total. The van der Waals surface area contributed by atoms with Gasteiger partial charge in [0.2, 0.25) is 0 Å². The molecule has 1 saturated heterocycles. The van der Waals surface area contributed by atoms with Crippen LogP contribution in [0.3, 0.4) is 0 Å². The molecule has 2 atom stereocenters. The number of carbonyl (C=O) groups excluding carboxylic acids is 1. The number of hydrogen-bond acceptors (Lipinski definition) is 4. The lowest BCUT2D eigenvalue weighted by Gasteiger charge is -2.22. The van der Waals surface area contributed by atoms with E-state index < -0.39 is 0 Å². The Balaban J connectivity index is 2.06. The van der Waals surface area contributed by atoms with Crippen molar-refractivity contribution in [3.8, 4) is 0 Å². The number of ether oxygens (including phenoxy) is 2. The Morgan fingerprint density at radius 1 is 1.65 bits per heavy atom. The number of aromatic nitrogens is 2. The molecule has 1 aliphatic heterocycles. The fraction of sp³-hybridized carbons (Fsp3) is 0.667. The monoisotopic (exact) mass is 238 g/mol. The van der Waals surface area contributed by atoms with Crippen LogP contribution in [0, 0.1) is 0 Å². The Hall–Kier alpha value is -1.36. The molecule has 1 aromatic rings. The first-order valence-corrected chi connectivity index (χ1v) is 5.97. The number of nitrogens with zero attached hydrogens (tertiary/aromatic N) is 2. The number of rotatable bonds is 3. The van der Waals surface area contributed by atoms with Crippen LogP contribution in [0.5, 0.6) is 0 Å². The van der Waals surface area contributed by atoms with Crippen molar-refractivity contribution in [2.24, 2.45) is 0 Å². The molecule has 1 aliphatic rings. The summed E-state index contributed by atoms with van der Waals surface area (Å²) < 4.78 is 12.1. The molecule has 1 fully saturated rings. The SMILES string of the molecule is COC(=O)C(C)c1ccn(C2CCCCO2)n1. The summed E-state index contributed by atoms with van der Waals surface area (Å²) >= 11 is 0. The van der Waals surface area contributed by atoms with Crippen molar-refractivity contribution < 1.29 is 14.3 Å². The van der Waals surface area contributed by atoms with Crippen LogP contribution in [0.4, 0.5) is 0 Å². The third-order valence-corrected chi connectivity index (χ3v) is 3.08. The van der Waals surface area contributed by atoms with E-state index in [4.69, 9.17) is 9.47 Å². The lowest BCUT2D eigenvalue weighted by Crippen LogP contribution is -2.19. The standard InChI is InChI=1S/C12H18N2O3/c1-9(12(15)16-2)10-6-7-14(13-10)11-5-3-4-8-17-11/h6-7,9,11H,3-5,8H2,1-2H3. The van der Waals surface area contributed by atoms with Crippen molar-refractivity contribution in [1.29, 1.82) is 0 Å². The molecule has 17 heavy (non-hydrogen) atoms. The predicted octanol–water partition coefficient (Wildman–Crippen LogP) is 1.86. The van der Waals surface area contributed by atoms with E-state index >= 15 is 0 Å². The normalized spacial score (nSPS) is 22.1. The fourth-order valence-electron chi connectivity index (χ4n) is 1.97. The quantitative estimate of drug-likeness (QED) is 0.754. The van der Waals surface area contributed by atoms with E-state index in [9.17, 15) is 4.79 Å². The molecule has 0 aliphatic carbocycles. The first kappa shape index (κ1) is 12.1. The van der Waals surface area contributed by atoms with E-state index in [1.165, 1.54) is 7.11 Å². The van der Waals surface area contributed by atoms with Crippen molar-refractivity contribution in [2.45, 2.75) is 38.3 Å². The molecular formula is C12H18N2O3. The van der Waals surface area contributed by atoms with Crippen LogP contribution in [0.1, 0.15) is 44.0 Å². The second-order valence-electron chi connectivity index (χ2n) is 4.29. The van der Waals surface area contributed by atoms with Gasteiger partial charge in [-0.25, -0.2) is 4.68 Å². The molecule has 5 heteroatoms. The summed E-state index contributed by atoms with van der Waals surface area (Å²) in [7, 11) is 1.39. The highest BCUT2D eigenvalue weighted by atomic mass is 16.5. The van der Waals surface area contributed by atoms with Crippen LogP contribution in [0.15, 0.2) is 12.3 Å². The molecule has 0 spiro atoms. The Bertz CT molecular complexity index is 383. The Morgan fingerprint density at radius 2 is 2.47 bits per heavy atom. The summed E-state index contributed by atoms with van der Waals surface area (Å²) in [5, 5.41) is 4.39. The molecule has 2 unspecified atom stereocenters. The number of carbonyl (C=O) groups is 1. The van der Waals surface area contributed by atoms with Gasteiger partial charge in [0.25, 0.3) is 0 Å². The van der Waals surface area contributed by atoms with Gasteiger partial charge in [-0.1, -0.05) is 0 Å². The average molecular weight is 238 g/mol. The van der Waals surface area contributed by atoms with Gasteiger partial charge in [-0.15, -0.1) is 0 Å². The highest BCUT2D eigenvalue weighted by Crippen LogP contribution is 2.23. The molecule has 0 radical (unpaired) electrons. The van der Waals surface area contributed by atoms with Gasteiger partial charge in [-0.3, -0.25) is 4.79 Å². The third kappa shape index (κ3) is 2.66. The van der Waals surface area contributed by atoms with Gasteiger partial charge in [-0.2, -0.15) is 5.10 Å². The maximum absolute atomic E-state index is 11.4. The van der Waals surface area contributed by atoms with E-state index in [2.05, 4.69) is 5.10 Å².